The topological polar surface area (TPSA) is 54.4 Å². The number of aromatic hydroxyl groups is 1. The second-order valence-electron chi connectivity index (χ2n) is 4.42. The van der Waals surface area contributed by atoms with Crippen molar-refractivity contribution in [3.8, 4) is 16.9 Å². The van der Waals surface area contributed by atoms with Crippen LogP contribution in [-0.2, 0) is 9.84 Å². The third-order valence-electron chi connectivity index (χ3n) is 2.85. The smallest absolute Gasteiger partial charge is 0.175 e. The van der Waals surface area contributed by atoms with Crippen molar-refractivity contribution in [2.75, 3.05) is 6.26 Å². The van der Waals surface area contributed by atoms with E-state index in [0.717, 1.165) is 11.8 Å². The lowest BCUT2D eigenvalue weighted by Crippen LogP contribution is -1.96. The van der Waals surface area contributed by atoms with Gasteiger partial charge in [0.25, 0.3) is 0 Å². The number of rotatable bonds is 2. The summed E-state index contributed by atoms with van der Waals surface area (Å²) in [7, 11) is -3.28. The maximum atomic E-state index is 11.5. The summed E-state index contributed by atoms with van der Waals surface area (Å²) in [5, 5.41) is 10.5. The second kappa shape index (κ2) is 4.87. The molecule has 0 heterocycles. The van der Waals surface area contributed by atoms with Crippen molar-refractivity contribution >= 4 is 21.4 Å². The summed E-state index contributed by atoms with van der Waals surface area (Å²) in [6, 6.07) is 9.61. The van der Waals surface area contributed by atoms with E-state index in [1.165, 1.54) is 12.1 Å². The van der Waals surface area contributed by atoms with Gasteiger partial charge in [0.15, 0.2) is 9.84 Å². The van der Waals surface area contributed by atoms with Gasteiger partial charge in [-0.1, -0.05) is 23.7 Å². The number of sulfone groups is 1. The molecule has 19 heavy (non-hydrogen) atoms. The van der Waals surface area contributed by atoms with Crippen molar-refractivity contribution in [3.05, 3.63) is 47.0 Å². The van der Waals surface area contributed by atoms with Crippen LogP contribution in [0.2, 0.25) is 5.02 Å². The number of phenolic OH excluding ortho intramolecular Hbond substituents is 1. The zero-order chi connectivity index (χ0) is 14.2. The van der Waals surface area contributed by atoms with Crippen LogP contribution in [0.3, 0.4) is 0 Å². The van der Waals surface area contributed by atoms with E-state index in [0.29, 0.717) is 16.1 Å². The third kappa shape index (κ3) is 2.91. The van der Waals surface area contributed by atoms with Gasteiger partial charge in [-0.2, -0.15) is 0 Å². The van der Waals surface area contributed by atoms with Gasteiger partial charge in [-0.15, -0.1) is 0 Å². The first-order chi connectivity index (χ1) is 8.79. The Morgan fingerprint density at radius 1 is 1.16 bits per heavy atom. The maximum absolute atomic E-state index is 11.5. The van der Waals surface area contributed by atoms with Gasteiger partial charge >= 0.3 is 0 Å². The Labute approximate surface area is 117 Å². The number of phenols is 1. The molecular weight excluding hydrogens is 284 g/mol. The van der Waals surface area contributed by atoms with Crippen LogP contribution in [0.25, 0.3) is 11.1 Å². The fourth-order valence-corrected chi connectivity index (χ4v) is 2.62. The van der Waals surface area contributed by atoms with Crippen molar-refractivity contribution in [2.24, 2.45) is 0 Å². The van der Waals surface area contributed by atoms with Crippen molar-refractivity contribution in [1.29, 1.82) is 0 Å². The monoisotopic (exact) mass is 296 g/mol. The third-order valence-corrected chi connectivity index (χ3v) is 4.37. The molecule has 1 N–H and O–H groups in total. The van der Waals surface area contributed by atoms with Gasteiger partial charge < -0.3 is 5.11 Å². The van der Waals surface area contributed by atoms with Crippen LogP contribution in [-0.4, -0.2) is 19.8 Å². The first-order valence-corrected chi connectivity index (χ1v) is 7.85. The maximum Gasteiger partial charge on any atom is 0.175 e. The first kappa shape index (κ1) is 13.9. The highest BCUT2D eigenvalue weighted by Gasteiger charge is 2.11. The van der Waals surface area contributed by atoms with E-state index >= 15 is 0 Å². The average Bonchev–Trinajstić information content (AvgIpc) is 2.33. The van der Waals surface area contributed by atoms with Crippen molar-refractivity contribution < 1.29 is 13.5 Å². The van der Waals surface area contributed by atoms with Gasteiger partial charge in [0, 0.05) is 16.8 Å². The average molecular weight is 297 g/mol. The summed E-state index contributed by atoms with van der Waals surface area (Å²) in [5.74, 6) is 0.0764. The Morgan fingerprint density at radius 3 is 2.47 bits per heavy atom. The van der Waals surface area contributed by atoms with E-state index in [9.17, 15) is 13.5 Å². The first-order valence-electron chi connectivity index (χ1n) is 5.58. The van der Waals surface area contributed by atoms with E-state index in [2.05, 4.69) is 0 Å². The van der Waals surface area contributed by atoms with Crippen LogP contribution >= 0.6 is 11.6 Å². The Balaban J connectivity index is 2.63. The van der Waals surface area contributed by atoms with Gasteiger partial charge in [-0.25, -0.2) is 8.42 Å². The van der Waals surface area contributed by atoms with E-state index < -0.39 is 9.84 Å². The standard InChI is InChI=1S/C14H13ClO3S/c1-9-6-14(16)12(8-13(9)15)10-4-3-5-11(7-10)19(2,17)18/h3-8,16H,1-2H3. The zero-order valence-corrected chi connectivity index (χ0v) is 12.1. The largest absolute Gasteiger partial charge is 0.507 e. The summed E-state index contributed by atoms with van der Waals surface area (Å²) in [5.41, 5.74) is 1.89. The quantitative estimate of drug-likeness (QED) is 0.924. The Hall–Kier alpha value is -1.52. The zero-order valence-electron chi connectivity index (χ0n) is 10.5. The summed E-state index contributed by atoms with van der Waals surface area (Å²) in [4.78, 5) is 0.209. The number of aryl methyl sites for hydroxylation is 1. The molecule has 0 atom stereocenters. The number of hydrogen-bond donors (Lipinski definition) is 1. The molecule has 0 aliphatic heterocycles. The van der Waals surface area contributed by atoms with Crippen LogP contribution in [0.15, 0.2) is 41.3 Å². The lowest BCUT2D eigenvalue weighted by atomic mass is 10.0. The second-order valence-corrected chi connectivity index (χ2v) is 6.84. The highest BCUT2D eigenvalue weighted by atomic mass is 35.5. The predicted octanol–water partition coefficient (Wildman–Crippen LogP) is 3.42. The van der Waals surface area contributed by atoms with Crippen molar-refractivity contribution in [3.63, 3.8) is 0 Å². The van der Waals surface area contributed by atoms with Crippen LogP contribution in [0.4, 0.5) is 0 Å². The van der Waals surface area contributed by atoms with Gasteiger partial charge in [0.05, 0.1) is 4.90 Å². The molecule has 0 aliphatic rings. The molecule has 0 radical (unpaired) electrons. The lowest BCUT2D eigenvalue weighted by molar-refractivity contribution is 0.477. The van der Waals surface area contributed by atoms with Gasteiger partial charge in [-0.3, -0.25) is 0 Å². The van der Waals surface area contributed by atoms with Crippen LogP contribution in [0.5, 0.6) is 5.75 Å². The molecule has 3 nitrogen and oxygen atoms in total. The molecule has 0 aliphatic carbocycles. The summed E-state index contributed by atoms with van der Waals surface area (Å²) in [6.07, 6.45) is 1.15. The fourth-order valence-electron chi connectivity index (χ4n) is 1.79. The van der Waals surface area contributed by atoms with E-state index in [1.807, 2.05) is 0 Å². The molecule has 0 amide bonds. The molecular formula is C14H13ClO3S. The molecule has 0 aromatic heterocycles. The van der Waals surface area contributed by atoms with Gasteiger partial charge in [-0.05, 0) is 42.3 Å². The normalized spacial score (nSPS) is 11.5. The molecule has 100 valence electrons. The number of halogens is 1. The molecule has 5 heteroatoms. The molecule has 2 aromatic carbocycles. The number of benzene rings is 2. The van der Waals surface area contributed by atoms with Crippen LogP contribution < -0.4 is 0 Å². The van der Waals surface area contributed by atoms with Crippen LogP contribution in [0, 0.1) is 6.92 Å². The highest BCUT2D eigenvalue weighted by Crippen LogP contribution is 2.34. The molecule has 0 fully saturated rings. The van der Waals surface area contributed by atoms with Crippen molar-refractivity contribution in [2.45, 2.75) is 11.8 Å². The minimum absolute atomic E-state index is 0.0764. The van der Waals surface area contributed by atoms with Crippen LogP contribution in [0.1, 0.15) is 5.56 Å². The minimum Gasteiger partial charge on any atom is -0.507 e. The van der Waals surface area contributed by atoms with Gasteiger partial charge in [0.2, 0.25) is 0 Å². The minimum atomic E-state index is -3.28. The molecule has 0 saturated carbocycles. The Kier molecular flexibility index (Phi) is 3.56. The lowest BCUT2D eigenvalue weighted by Gasteiger charge is -2.09. The Morgan fingerprint density at radius 2 is 1.84 bits per heavy atom. The van der Waals surface area contributed by atoms with Gasteiger partial charge in [0.1, 0.15) is 5.75 Å². The molecule has 2 aromatic rings. The number of hydrogen-bond acceptors (Lipinski definition) is 3. The summed E-state index contributed by atoms with van der Waals surface area (Å²) < 4.78 is 23.1. The fraction of sp³-hybridized carbons (Fsp3) is 0.143. The molecule has 0 unspecified atom stereocenters. The van der Waals surface area contributed by atoms with E-state index in [1.54, 1.807) is 31.2 Å². The summed E-state index contributed by atoms with van der Waals surface area (Å²) >= 11 is 6.04. The van der Waals surface area contributed by atoms with E-state index in [-0.39, 0.29) is 10.6 Å². The Bertz CT molecular complexity index is 736. The molecule has 0 bridgehead atoms. The van der Waals surface area contributed by atoms with E-state index in [4.69, 9.17) is 11.6 Å². The molecule has 0 spiro atoms. The summed E-state index contributed by atoms with van der Waals surface area (Å²) in [6.45, 7) is 1.79. The molecule has 2 rings (SSSR count). The molecule has 0 saturated heterocycles. The van der Waals surface area contributed by atoms with Crippen molar-refractivity contribution in [1.82, 2.24) is 0 Å². The predicted molar refractivity (Wildman–Crippen MR) is 76.4 cm³/mol. The highest BCUT2D eigenvalue weighted by molar-refractivity contribution is 7.90. The SMILES string of the molecule is Cc1cc(O)c(-c2cccc(S(C)(=O)=O)c2)cc1Cl.